The molecule has 1 saturated carbocycles. The Bertz CT molecular complexity index is 542. The van der Waals surface area contributed by atoms with Crippen molar-refractivity contribution in [2.24, 2.45) is 5.41 Å². The number of hydrogen-bond donors (Lipinski definition) is 1. The molecule has 1 aromatic heterocycles. The maximum atomic E-state index is 9.55. The van der Waals surface area contributed by atoms with E-state index in [1.807, 2.05) is 0 Å². The van der Waals surface area contributed by atoms with E-state index in [1.165, 1.54) is 19.3 Å². The zero-order chi connectivity index (χ0) is 15.5. The van der Waals surface area contributed by atoms with E-state index in [0.29, 0.717) is 17.4 Å². The Morgan fingerprint density at radius 1 is 1.24 bits per heavy atom. The monoisotopic (exact) mass is 286 g/mol. The van der Waals surface area contributed by atoms with Crippen LogP contribution in [-0.4, -0.2) is 16.2 Å². The van der Waals surface area contributed by atoms with Crippen LogP contribution in [-0.2, 0) is 12.8 Å². The predicted molar refractivity (Wildman–Crippen MR) is 85.2 cm³/mol. The van der Waals surface area contributed by atoms with Crippen molar-refractivity contribution in [1.82, 2.24) is 10.2 Å². The van der Waals surface area contributed by atoms with Crippen molar-refractivity contribution in [1.29, 1.82) is 5.26 Å². The molecule has 0 amide bonds. The van der Waals surface area contributed by atoms with E-state index in [0.717, 1.165) is 30.5 Å². The molecule has 0 saturated heterocycles. The Kier molecular flexibility index (Phi) is 4.82. The average Bonchev–Trinajstić information content (AvgIpc) is 2.48. The summed E-state index contributed by atoms with van der Waals surface area (Å²) in [5.41, 5.74) is 2.92. The van der Waals surface area contributed by atoms with Crippen LogP contribution in [0.15, 0.2) is 0 Å². The summed E-state index contributed by atoms with van der Waals surface area (Å²) < 4.78 is 0. The molecule has 1 aromatic rings. The van der Waals surface area contributed by atoms with Crippen molar-refractivity contribution in [2.45, 2.75) is 72.3 Å². The van der Waals surface area contributed by atoms with E-state index >= 15 is 0 Å². The fourth-order valence-electron chi connectivity index (χ4n) is 3.32. The van der Waals surface area contributed by atoms with Crippen LogP contribution >= 0.6 is 0 Å². The van der Waals surface area contributed by atoms with Gasteiger partial charge in [0.05, 0.1) is 5.69 Å². The van der Waals surface area contributed by atoms with E-state index in [2.05, 4.69) is 49.3 Å². The number of aromatic nitrogens is 2. The third kappa shape index (κ3) is 3.18. The summed E-state index contributed by atoms with van der Waals surface area (Å²) in [6, 6.07) is 2.71. The fraction of sp³-hybridized carbons (Fsp3) is 0.706. The lowest BCUT2D eigenvalue weighted by molar-refractivity contribution is 0.216. The summed E-state index contributed by atoms with van der Waals surface area (Å²) in [5.74, 6) is 0.673. The Hall–Kier alpha value is -1.63. The van der Waals surface area contributed by atoms with Gasteiger partial charge in [0, 0.05) is 6.04 Å². The maximum absolute atomic E-state index is 9.55. The van der Waals surface area contributed by atoms with E-state index in [-0.39, 0.29) is 5.41 Å². The van der Waals surface area contributed by atoms with Crippen LogP contribution in [0.25, 0.3) is 0 Å². The van der Waals surface area contributed by atoms with Gasteiger partial charge in [-0.1, -0.05) is 40.5 Å². The van der Waals surface area contributed by atoms with Crippen molar-refractivity contribution in [3.8, 4) is 6.07 Å². The van der Waals surface area contributed by atoms with Gasteiger partial charge in [-0.3, -0.25) is 0 Å². The molecule has 21 heavy (non-hydrogen) atoms. The van der Waals surface area contributed by atoms with Gasteiger partial charge in [-0.25, -0.2) is 0 Å². The highest BCUT2D eigenvalue weighted by Gasteiger charge is 2.33. The van der Waals surface area contributed by atoms with Crippen LogP contribution in [0, 0.1) is 16.7 Å². The van der Waals surface area contributed by atoms with Crippen LogP contribution in [0.5, 0.6) is 0 Å². The minimum Gasteiger partial charge on any atom is -0.364 e. The van der Waals surface area contributed by atoms with Gasteiger partial charge in [-0.2, -0.15) is 10.4 Å². The van der Waals surface area contributed by atoms with Gasteiger partial charge in [-0.15, -0.1) is 5.10 Å². The summed E-state index contributed by atoms with van der Waals surface area (Å²) in [6.45, 7) is 8.72. The molecule has 0 radical (unpaired) electrons. The van der Waals surface area contributed by atoms with Gasteiger partial charge in [-0.05, 0) is 36.7 Å². The van der Waals surface area contributed by atoms with E-state index in [4.69, 9.17) is 0 Å². The molecule has 0 aliphatic heterocycles. The Morgan fingerprint density at radius 2 is 2.00 bits per heavy atom. The normalized spacial score (nSPS) is 20.8. The molecule has 0 bridgehead atoms. The molecule has 1 atom stereocenters. The zero-order valence-electron chi connectivity index (χ0n) is 13.7. The summed E-state index contributed by atoms with van der Waals surface area (Å²) in [6.07, 6.45) is 6.52. The Morgan fingerprint density at radius 3 is 2.57 bits per heavy atom. The second kappa shape index (κ2) is 6.43. The smallest absolute Gasteiger partial charge is 0.167 e. The van der Waals surface area contributed by atoms with Crippen LogP contribution in [0.4, 0.5) is 5.82 Å². The van der Waals surface area contributed by atoms with Crippen LogP contribution < -0.4 is 5.32 Å². The highest BCUT2D eigenvalue weighted by molar-refractivity contribution is 5.57. The second-order valence-corrected chi connectivity index (χ2v) is 6.60. The standard InChI is InChI=1S/C17H26N4/c1-5-12-13(11-18)16(21-20-14(12)6-2)19-15-9-7-8-10-17(15,3)4/h15H,5-10H2,1-4H3,(H,19,21). The van der Waals surface area contributed by atoms with Gasteiger partial charge >= 0.3 is 0 Å². The van der Waals surface area contributed by atoms with Crippen molar-refractivity contribution in [3.05, 3.63) is 16.8 Å². The maximum Gasteiger partial charge on any atom is 0.167 e. The predicted octanol–water partition coefficient (Wildman–Crippen LogP) is 3.85. The van der Waals surface area contributed by atoms with Gasteiger partial charge in [0.25, 0.3) is 0 Å². The van der Waals surface area contributed by atoms with Gasteiger partial charge in [0.1, 0.15) is 11.6 Å². The summed E-state index contributed by atoms with van der Waals surface area (Å²) in [4.78, 5) is 0. The molecule has 1 unspecified atom stereocenters. The van der Waals surface area contributed by atoms with Crippen molar-refractivity contribution >= 4 is 5.82 Å². The molecule has 4 nitrogen and oxygen atoms in total. The quantitative estimate of drug-likeness (QED) is 0.913. The summed E-state index contributed by atoms with van der Waals surface area (Å²) in [5, 5.41) is 21.7. The number of anilines is 1. The number of rotatable bonds is 4. The molecule has 2 rings (SSSR count). The number of hydrogen-bond acceptors (Lipinski definition) is 4. The molecule has 1 aliphatic carbocycles. The molecule has 1 N–H and O–H groups in total. The Balaban J connectivity index is 2.34. The second-order valence-electron chi connectivity index (χ2n) is 6.60. The third-order valence-corrected chi connectivity index (χ3v) is 4.78. The third-order valence-electron chi connectivity index (χ3n) is 4.78. The highest BCUT2D eigenvalue weighted by Crippen LogP contribution is 2.37. The van der Waals surface area contributed by atoms with Gasteiger partial charge < -0.3 is 5.32 Å². The van der Waals surface area contributed by atoms with Gasteiger partial charge in [0.2, 0.25) is 0 Å². The SMILES string of the molecule is CCc1nnc(NC2CCCCC2(C)C)c(C#N)c1CC. The minimum absolute atomic E-state index is 0.239. The zero-order valence-corrected chi connectivity index (χ0v) is 13.7. The van der Waals surface area contributed by atoms with Crippen molar-refractivity contribution in [3.63, 3.8) is 0 Å². The molecule has 4 heteroatoms. The number of aryl methyl sites for hydroxylation is 1. The minimum atomic E-state index is 0.239. The molecular formula is C17H26N4. The average molecular weight is 286 g/mol. The summed E-state index contributed by atoms with van der Waals surface area (Å²) >= 11 is 0. The lowest BCUT2D eigenvalue weighted by Gasteiger charge is -2.39. The van der Waals surface area contributed by atoms with Gasteiger partial charge in [0.15, 0.2) is 5.82 Å². The number of nitrogens with zero attached hydrogens (tertiary/aromatic N) is 3. The Labute approximate surface area is 128 Å². The lowest BCUT2D eigenvalue weighted by Crippen LogP contribution is -2.39. The number of nitrogens with one attached hydrogen (secondary N) is 1. The van der Waals surface area contributed by atoms with Crippen LogP contribution in [0.3, 0.4) is 0 Å². The lowest BCUT2D eigenvalue weighted by atomic mass is 9.73. The first-order valence-corrected chi connectivity index (χ1v) is 8.08. The first-order valence-electron chi connectivity index (χ1n) is 8.08. The van der Waals surface area contributed by atoms with Crippen LogP contribution in [0.2, 0.25) is 0 Å². The van der Waals surface area contributed by atoms with Crippen LogP contribution in [0.1, 0.15) is 70.2 Å². The molecule has 1 aliphatic rings. The number of nitriles is 1. The molecule has 1 fully saturated rings. The largest absolute Gasteiger partial charge is 0.364 e. The first kappa shape index (κ1) is 15.8. The molecule has 1 heterocycles. The molecule has 0 spiro atoms. The molecule has 0 aromatic carbocycles. The van der Waals surface area contributed by atoms with E-state index < -0.39 is 0 Å². The molecular weight excluding hydrogens is 260 g/mol. The summed E-state index contributed by atoms with van der Waals surface area (Å²) in [7, 11) is 0. The van der Waals surface area contributed by atoms with E-state index in [1.54, 1.807) is 0 Å². The molecule has 114 valence electrons. The van der Waals surface area contributed by atoms with Crippen molar-refractivity contribution < 1.29 is 0 Å². The fourth-order valence-corrected chi connectivity index (χ4v) is 3.32. The van der Waals surface area contributed by atoms with Crippen molar-refractivity contribution in [2.75, 3.05) is 5.32 Å². The highest BCUT2D eigenvalue weighted by atomic mass is 15.2. The topological polar surface area (TPSA) is 61.6 Å². The first-order chi connectivity index (χ1) is 10.0. The van der Waals surface area contributed by atoms with E-state index in [9.17, 15) is 5.26 Å².